The van der Waals surface area contributed by atoms with Crippen molar-refractivity contribution in [1.29, 1.82) is 0 Å². The van der Waals surface area contributed by atoms with Crippen molar-refractivity contribution in [2.24, 2.45) is 0 Å². The Kier molecular flexibility index (Phi) is 9.39. The lowest BCUT2D eigenvalue weighted by molar-refractivity contribution is -0.428. The van der Waals surface area contributed by atoms with Crippen LogP contribution in [-0.2, 0) is 6.42 Å². The lowest BCUT2D eigenvalue weighted by Crippen LogP contribution is -2.37. The largest absolute Gasteiger partial charge is 0.507 e. The summed E-state index contributed by atoms with van der Waals surface area (Å²) in [7, 11) is 0. The first kappa shape index (κ1) is 25.2. The van der Waals surface area contributed by atoms with E-state index in [9.17, 15) is 15.2 Å². The summed E-state index contributed by atoms with van der Waals surface area (Å²) in [5.41, 5.74) is 3.90. The first-order valence-electron chi connectivity index (χ1n) is 12.0. The van der Waals surface area contributed by atoms with Gasteiger partial charge < -0.3 is 9.84 Å². The maximum absolute atomic E-state index is 11.5. The summed E-state index contributed by atoms with van der Waals surface area (Å²) in [6.07, 6.45) is 13.6. The molecule has 5 nitrogen and oxygen atoms in total. The highest BCUT2D eigenvalue weighted by Crippen LogP contribution is 2.44. The molecular weight excluding hydrogens is 390 g/mol. The summed E-state index contributed by atoms with van der Waals surface area (Å²) in [6.45, 7) is 10.2. The van der Waals surface area contributed by atoms with Crippen LogP contribution < -0.4 is 4.74 Å². The molecule has 1 aliphatic rings. The average molecular weight is 432 g/mol. The minimum atomic E-state index is -0.325. The van der Waals surface area contributed by atoms with Gasteiger partial charge in [0.1, 0.15) is 17.1 Å². The fourth-order valence-corrected chi connectivity index (χ4v) is 4.58. The Bertz CT molecular complexity index is 799. The number of hydrogen-bond acceptors (Lipinski definition) is 4. The van der Waals surface area contributed by atoms with Gasteiger partial charge in [-0.05, 0) is 89.0 Å². The third-order valence-corrected chi connectivity index (χ3v) is 6.90. The van der Waals surface area contributed by atoms with E-state index in [1.165, 1.54) is 25.7 Å². The number of allylic oxidation sites excluding steroid dienone is 2. The second-order valence-electron chi connectivity index (χ2n) is 9.45. The molecule has 0 aliphatic carbocycles. The Morgan fingerprint density at radius 1 is 1.10 bits per heavy atom. The molecule has 174 valence electrons. The molecule has 0 fully saturated rings. The summed E-state index contributed by atoms with van der Waals surface area (Å²) in [4.78, 5) is 11.3. The van der Waals surface area contributed by atoms with Gasteiger partial charge in [0.2, 0.25) is 5.70 Å². The molecule has 1 aliphatic heterocycles. The Morgan fingerprint density at radius 3 is 2.45 bits per heavy atom. The number of phenols is 1. The zero-order valence-electron chi connectivity index (χ0n) is 20.2. The predicted molar refractivity (Wildman–Crippen MR) is 127 cm³/mol. The van der Waals surface area contributed by atoms with Crippen molar-refractivity contribution < 1.29 is 14.8 Å². The topological polar surface area (TPSA) is 72.6 Å². The van der Waals surface area contributed by atoms with Crippen molar-refractivity contribution in [2.75, 3.05) is 0 Å². The third-order valence-electron chi connectivity index (χ3n) is 6.90. The Balaban J connectivity index is 1.90. The van der Waals surface area contributed by atoms with Crippen LogP contribution in [0.2, 0.25) is 0 Å². The van der Waals surface area contributed by atoms with E-state index in [1.54, 1.807) is 0 Å². The third kappa shape index (κ3) is 6.72. The number of unbranched alkanes of at least 4 members (excludes halogenated alkanes) is 6. The number of nitrogens with zero attached hydrogens (tertiary/aromatic N) is 1. The van der Waals surface area contributed by atoms with Crippen LogP contribution in [-0.4, -0.2) is 15.6 Å². The Labute approximate surface area is 188 Å². The zero-order chi connectivity index (χ0) is 23.0. The molecule has 0 amide bonds. The minimum Gasteiger partial charge on any atom is -0.507 e. The zero-order valence-corrected chi connectivity index (χ0v) is 20.2. The average Bonchev–Trinajstić information content (AvgIpc) is 2.74. The summed E-state index contributed by atoms with van der Waals surface area (Å²) in [6, 6.07) is 0. The highest BCUT2D eigenvalue weighted by atomic mass is 16.6. The number of ether oxygens (including phenoxy) is 1. The molecule has 0 aromatic heterocycles. The standard InChI is InChI=1S/C26H41NO4/c1-6-7-8-9-10-11-12-14-22(27(29)30)15-13-17-26(5)18-16-23-21(4)24(28)19(2)20(3)25(23)31-26/h14,28H,6-13,15-18H2,1-5H3/b22-14-. The van der Waals surface area contributed by atoms with Crippen LogP contribution in [0.25, 0.3) is 0 Å². The summed E-state index contributed by atoms with van der Waals surface area (Å²) < 4.78 is 6.45. The fourth-order valence-electron chi connectivity index (χ4n) is 4.58. The molecule has 1 aromatic carbocycles. The van der Waals surface area contributed by atoms with Gasteiger partial charge in [-0.3, -0.25) is 10.1 Å². The minimum absolute atomic E-state index is 0.212. The molecule has 1 heterocycles. The number of aromatic hydroxyl groups is 1. The second kappa shape index (κ2) is 11.5. The van der Waals surface area contributed by atoms with Gasteiger partial charge in [0.25, 0.3) is 0 Å². The highest BCUT2D eigenvalue weighted by molar-refractivity contribution is 5.58. The molecule has 0 bridgehead atoms. The molecule has 1 N–H and O–H groups in total. The van der Waals surface area contributed by atoms with Gasteiger partial charge in [-0.15, -0.1) is 0 Å². The Hall–Kier alpha value is -2.04. The molecule has 0 spiro atoms. The van der Waals surface area contributed by atoms with E-state index in [0.717, 1.165) is 72.9 Å². The lowest BCUT2D eigenvalue weighted by Gasteiger charge is -2.38. The lowest BCUT2D eigenvalue weighted by atomic mass is 9.84. The molecule has 1 aromatic rings. The van der Waals surface area contributed by atoms with Crippen molar-refractivity contribution in [3.63, 3.8) is 0 Å². The molecule has 31 heavy (non-hydrogen) atoms. The fraction of sp³-hybridized carbons (Fsp3) is 0.692. The van der Waals surface area contributed by atoms with Gasteiger partial charge in [0.15, 0.2) is 0 Å². The smallest absolute Gasteiger partial charge is 0.242 e. The van der Waals surface area contributed by atoms with E-state index in [4.69, 9.17) is 4.74 Å². The molecule has 2 rings (SSSR count). The van der Waals surface area contributed by atoms with Crippen molar-refractivity contribution in [3.8, 4) is 11.5 Å². The van der Waals surface area contributed by atoms with Crippen molar-refractivity contribution >= 4 is 0 Å². The predicted octanol–water partition coefficient (Wildman–Crippen LogP) is 7.48. The molecule has 5 heteroatoms. The van der Waals surface area contributed by atoms with E-state index < -0.39 is 0 Å². The van der Waals surface area contributed by atoms with Gasteiger partial charge >= 0.3 is 0 Å². The van der Waals surface area contributed by atoms with Gasteiger partial charge in [-0.1, -0.05) is 39.0 Å². The summed E-state index contributed by atoms with van der Waals surface area (Å²) >= 11 is 0. The molecule has 1 unspecified atom stereocenters. The SMILES string of the molecule is CCCCCCCC/C=C(/CCCC1(C)CCc2c(C)c(O)c(C)c(C)c2O1)[N+](=O)[O-]. The van der Waals surface area contributed by atoms with Crippen LogP contribution in [0.5, 0.6) is 11.5 Å². The number of rotatable bonds is 12. The van der Waals surface area contributed by atoms with E-state index in [2.05, 4.69) is 13.8 Å². The molecule has 0 radical (unpaired) electrons. The second-order valence-corrected chi connectivity index (χ2v) is 9.45. The van der Waals surface area contributed by atoms with E-state index in [1.807, 2.05) is 26.8 Å². The quantitative estimate of drug-likeness (QED) is 0.211. The normalized spacial score (nSPS) is 18.5. The van der Waals surface area contributed by atoms with Crippen LogP contribution in [0.1, 0.15) is 107 Å². The molecule has 0 saturated carbocycles. The summed E-state index contributed by atoms with van der Waals surface area (Å²) in [5, 5.41) is 21.8. The van der Waals surface area contributed by atoms with Crippen LogP contribution in [0, 0.1) is 30.9 Å². The van der Waals surface area contributed by atoms with Crippen LogP contribution >= 0.6 is 0 Å². The van der Waals surface area contributed by atoms with E-state index >= 15 is 0 Å². The van der Waals surface area contributed by atoms with Gasteiger partial charge in [-0.25, -0.2) is 0 Å². The number of phenolic OH excluding ortho intramolecular Hbond substituents is 1. The van der Waals surface area contributed by atoms with Gasteiger partial charge in [-0.2, -0.15) is 0 Å². The number of fused-ring (bicyclic) bond motifs is 1. The number of benzene rings is 1. The van der Waals surface area contributed by atoms with Crippen molar-refractivity contribution in [2.45, 2.75) is 117 Å². The van der Waals surface area contributed by atoms with Crippen molar-refractivity contribution in [1.82, 2.24) is 0 Å². The molecular formula is C26H41NO4. The number of nitro groups is 1. The number of hydrogen-bond donors (Lipinski definition) is 1. The maximum Gasteiger partial charge on any atom is 0.242 e. The van der Waals surface area contributed by atoms with Crippen LogP contribution in [0.3, 0.4) is 0 Å². The first-order chi connectivity index (χ1) is 14.7. The van der Waals surface area contributed by atoms with E-state index in [-0.39, 0.29) is 10.5 Å². The van der Waals surface area contributed by atoms with Gasteiger partial charge in [0.05, 0.1) is 4.92 Å². The van der Waals surface area contributed by atoms with E-state index in [0.29, 0.717) is 17.9 Å². The van der Waals surface area contributed by atoms with Gasteiger partial charge in [0, 0.05) is 12.0 Å². The summed E-state index contributed by atoms with van der Waals surface area (Å²) in [5.74, 6) is 1.27. The van der Waals surface area contributed by atoms with Crippen LogP contribution in [0.15, 0.2) is 11.8 Å². The first-order valence-corrected chi connectivity index (χ1v) is 12.0. The monoisotopic (exact) mass is 431 g/mol. The molecule has 1 atom stereocenters. The Morgan fingerprint density at radius 2 is 1.77 bits per heavy atom. The van der Waals surface area contributed by atoms with Crippen molar-refractivity contribution in [3.05, 3.63) is 44.1 Å². The molecule has 0 saturated heterocycles. The van der Waals surface area contributed by atoms with Crippen LogP contribution in [0.4, 0.5) is 0 Å². The highest BCUT2D eigenvalue weighted by Gasteiger charge is 2.34. The maximum atomic E-state index is 11.5.